The molecule has 0 aromatic carbocycles. The molecular formula is C20H23N5O7S2. The van der Waals surface area contributed by atoms with Gasteiger partial charge in [-0.3, -0.25) is 4.79 Å². The molecule has 0 saturated carbocycles. The number of carboxylic acids is 1. The van der Waals surface area contributed by atoms with E-state index in [1.54, 1.807) is 0 Å². The Balaban J connectivity index is 1.90. The van der Waals surface area contributed by atoms with Crippen molar-refractivity contribution in [2.75, 3.05) is 24.6 Å². The van der Waals surface area contributed by atoms with Gasteiger partial charge >= 0.3 is 11.9 Å². The number of nitrogens with zero attached hydrogens (tertiary/aromatic N) is 3. The molecule has 2 aliphatic heterocycles. The van der Waals surface area contributed by atoms with Gasteiger partial charge in [0, 0.05) is 16.7 Å². The summed E-state index contributed by atoms with van der Waals surface area (Å²) in [7, 11) is 0. The largest absolute Gasteiger partial charge is 0.540 e. The van der Waals surface area contributed by atoms with E-state index < -0.39 is 51.9 Å². The number of anilines is 1. The van der Waals surface area contributed by atoms with Crippen LogP contribution in [0.25, 0.3) is 0 Å². The number of quaternary nitrogens is 1. The van der Waals surface area contributed by atoms with Gasteiger partial charge in [-0.05, 0) is 6.42 Å². The number of ether oxygens (including phenoxy) is 1. The van der Waals surface area contributed by atoms with E-state index in [0.717, 1.165) is 17.8 Å². The molecule has 4 N–H and O–H groups in total. The standard InChI is InChI=1S/C20H23N5O7S2/c1-3-5-6-32-12(26)7-25-15(19(29)30)10(4-2)8-33-18(25)14(17(25)28)23-16(27)13(24-31)11-9-34-20(21)22-11/h4,9,14,18H,2-3,5-8H2,1H3,(H4-,21,22,23,27,29,30,31)/t14?,18-,25?/m0/s1. The maximum atomic E-state index is 13.4. The number of unbranched alkanes of at least 4 members (excludes halogenated alkanes) is 1. The van der Waals surface area contributed by atoms with Crippen LogP contribution in [0.5, 0.6) is 0 Å². The van der Waals surface area contributed by atoms with Crippen LogP contribution in [0, 0.1) is 0 Å². The molecule has 2 amide bonds. The van der Waals surface area contributed by atoms with Crippen molar-refractivity contribution in [3.05, 3.63) is 35.0 Å². The van der Waals surface area contributed by atoms with Crippen LogP contribution < -0.4 is 16.2 Å². The molecule has 3 atom stereocenters. The zero-order chi connectivity index (χ0) is 25.0. The molecule has 2 aliphatic rings. The van der Waals surface area contributed by atoms with E-state index in [1.807, 2.05) is 6.92 Å². The van der Waals surface area contributed by atoms with E-state index in [4.69, 9.17) is 10.5 Å². The first-order valence-corrected chi connectivity index (χ1v) is 12.1. The number of aliphatic carboxylic acids is 1. The number of nitrogens with two attached hydrogens (primary N) is 1. The molecule has 1 saturated heterocycles. The van der Waals surface area contributed by atoms with Crippen molar-refractivity contribution < 1.29 is 38.7 Å². The van der Waals surface area contributed by atoms with Crippen LogP contribution in [0.2, 0.25) is 0 Å². The Labute approximate surface area is 202 Å². The number of hydrogen-bond donors (Lipinski definition) is 3. The summed E-state index contributed by atoms with van der Waals surface area (Å²) in [6, 6.07) is -1.17. The Morgan fingerprint density at radius 2 is 2.24 bits per heavy atom. The highest BCUT2D eigenvalue weighted by molar-refractivity contribution is 8.00. The van der Waals surface area contributed by atoms with E-state index >= 15 is 0 Å². The van der Waals surface area contributed by atoms with Crippen LogP contribution in [0.4, 0.5) is 5.13 Å². The lowest BCUT2D eigenvalue weighted by atomic mass is 9.95. The Kier molecular flexibility index (Phi) is 7.74. The van der Waals surface area contributed by atoms with Crippen molar-refractivity contribution in [1.82, 2.24) is 10.3 Å². The Morgan fingerprint density at radius 1 is 1.50 bits per heavy atom. The second-order valence-electron chi connectivity index (χ2n) is 7.48. The van der Waals surface area contributed by atoms with Crippen molar-refractivity contribution in [3.63, 3.8) is 0 Å². The Morgan fingerprint density at radius 3 is 2.79 bits per heavy atom. The van der Waals surface area contributed by atoms with Gasteiger partial charge in [0.05, 0.1) is 6.61 Å². The molecule has 1 aromatic rings. The monoisotopic (exact) mass is 509 g/mol. The average Bonchev–Trinajstić information content (AvgIpc) is 3.22. The van der Waals surface area contributed by atoms with Crippen LogP contribution in [0.15, 0.2) is 34.5 Å². The number of carboxylic acid groups (broad SMARTS) is 1. The molecule has 34 heavy (non-hydrogen) atoms. The van der Waals surface area contributed by atoms with E-state index in [2.05, 4.69) is 22.0 Å². The molecular weight excluding hydrogens is 486 g/mol. The molecule has 0 bridgehead atoms. The van der Waals surface area contributed by atoms with Crippen molar-refractivity contribution >= 4 is 57.7 Å². The van der Waals surface area contributed by atoms with Crippen LogP contribution in [-0.4, -0.2) is 74.5 Å². The van der Waals surface area contributed by atoms with E-state index in [0.29, 0.717) is 6.42 Å². The summed E-state index contributed by atoms with van der Waals surface area (Å²) < 4.78 is 4.30. The first-order chi connectivity index (χ1) is 16.2. The normalized spacial score (nSPS) is 24.1. The summed E-state index contributed by atoms with van der Waals surface area (Å²) in [6.07, 6.45) is 2.70. The maximum absolute atomic E-state index is 13.4. The number of nitrogens with one attached hydrogen (secondary N) is 1. The molecule has 1 fully saturated rings. The van der Waals surface area contributed by atoms with Crippen LogP contribution in [0.1, 0.15) is 25.5 Å². The molecule has 1 aromatic heterocycles. The van der Waals surface area contributed by atoms with Gasteiger partial charge in [-0.2, -0.15) is 0 Å². The summed E-state index contributed by atoms with van der Waals surface area (Å²) in [5.74, 6) is -3.85. The topological polar surface area (TPSA) is 184 Å². The van der Waals surface area contributed by atoms with Crippen molar-refractivity contribution in [3.8, 4) is 0 Å². The number of rotatable bonds is 10. The molecule has 0 spiro atoms. The first-order valence-electron chi connectivity index (χ1n) is 10.2. The third kappa shape index (κ3) is 4.43. The number of carbonyl (C=O) groups excluding carboxylic acids is 4. The zero-order valence-electron chi connectivity index (χ0n) is 18.2. The molecule has 0 radical (unpaired) electrons. The number of β-lactam (4-membered cyclic amide) rings is 1. The number of oxime groups is 1. The smallest absolute Gasteiger partial charge is 0.362 e. The van der Waals surface area contributed by atoms with Gasteiger partial charge in [0.25, 0.3) is 5.91 Å². The lowest BCUT2D eigenvalue weighted by molar-refractivity contribution is -0.848. The molecule has 182 valence electrons. The Bertz CT molecular complexity index is 1100. The lowest BCUT2D eigenvalue weighted by Gasteiger charge is -2.55. The number of hydrogen-bond acceptors (Lipinski definition) is 12. The highest BCUT2D eigenvalue weighted by Gasteiger charge is 2.70. The number of amides is 2. The molecule has 0 aliphatic carbocycles. The number of esters is 1. The fraction of sp³-hybridized carbons (Fsp3) is 0.400. The average molecular weight is 510 g/mol. The first kappa shape index (κ1) is 25.4. The minimum absolute atomic E-state index is 0.00934. The number of thiazole rings is 1. The summed E-state index contributed by atoms with van der Waals surface area (Å²) in [4.78, 5) is 54.6. The minimum Gasteiger partial charge on any atom is -0.540 e. The minimum atomic E-state index is -1.62. The highest BCUT2D eigenvalue weighted by Crippen LogP contribution is 2.48. The lowest BCUT2D eigenvalue weighted by Crippen LogP contribution is -2.82. The molecule has 3 rings (SSSR count). The SMILES string of the molecule is C=CC1=C(C(=O)[O-])[N+]2(CC(=O)OCCCC)C(=O)C(NC(=O)C(=NO)c3csc(N)n3)[C@@H]2SC1. The van der Waals surface area contributed by atoms with Gasteiger partial charge < -0.3 is 30.9 Å². The second-order valence-corrected chi connectivity index (χ2v) is 9.47. The summed E-state index contributed by atoms with van der Waals surface area (Å²) >= 11 is 2.21. The molecule has 14 heteroatoms. The number of nitrogen functional groups attached to an aromatic ring is 1. The fourth-order valence-corrected chi connectivity index (χ4v) is 5.92. The third-order valence-corrected chi connectivity index (χ3v) is 7.56. The highest BCUT2D eigenvalue weighted by atomic mass is 32.2. The zero-order valence-corrected chi connectivity index (χ0v) is 19.8. The predicted octanol–water partition coefficient (Wildman–Crippen LogP) is -0.648. The maximum Gasteiger partial charge on any atom is 0.362 e. The number of fused-ring (bicyclic) bond motifs is 1. The van der Waals surface area contributed by atoms with Gasteiger partial charge in [-0.15, -0.1) is 11.3 Å². The third-order valence-electron chi connectivity index (χ3n) is 5.44. The Hall–Kier alpha value is -3.23. The van der Waals surface area contributed by atoms with Crippen LogP contribution in [-0.2, 0) is 23.9 Å². The molecule has 3 heterocycles. The second kappa shape index (κ2) is 10.4. The summed E-state index contributed by atoms with van der Waals surface area (Å²) in [6.45, 7) is 5.08. The quantitative estimate of drug-likeness (QED) is 0.0696. The van der Waals surface area contributed by atoms with Crippen molar-refractivity contribution in [2.24, 2.45) is 5.16 Å². The summed E-state index contributed by atoms with van der Waals surface area (Å²) in [5, 5.41) is 27.5. The van der Waals surface area contributed by atoms with Gasteiger partial charge in [-0.1, -0.05) is 42.9 Å². The van der Waals surface area contributed by atoms with Crippen LogP contribution in [0.3, 0.4) is 0 Å². The predicted molar refractivity (Wildman–Crippen MR) is 121 cm³/mol. The van der Waals surface area contributed by atoms with Crippen molar-refractivity contribution in [2.45, 2.75) is 31.2 Å². The van der Waals surface area contributed by atoms with Gasteiger partial charge in [0.1, 0.15) is 11.7 Å². The number of carbonyl (C=O) groups is 4. The van der Waals surface area contributed by atoms with Crippen molar-refractivity contribution in [1.29, 1.82) is 0 Å². The number of aromatic nitrogens is 1. The number of allylic oxidation sites excluding steroid dienone is 1. The van der Waals surface area contributed by atoms with E-state index in [-0.39, 0.29) is 34.5 Å². The van der Waals surface area contributed by atoms with E-state index in [9.17, 15) is 29.5 Å². The van der Waals surface area contributed by atoms with Gasteiger partial charge in [0.15, 0.2) is 28.5 Å². The van der Waals surface area contributed by atoms with Gasteiger partial charge in [-0.25, -0.2) is 19.1 Å². The van der Waals surface area contributed by atoms with E-state index in [1.165, 1.54) is 23.2 Å². The number of thioether (sulfide) groups is 1. The van der Waals surface area contributed by atoms with Crippen LogP contribution >= 0.6 is 23.1 Å². The summed E-state index contributed by atoms with van der Waals surface area (Å²) in [5.41, 5.74) is 4.96. The van der Waals surface area contributed by atoms with Gasteiger partial charge in [0.2, 0.25) is 6.04 Å². The molecule has 12 nitrogen and oxygen atoms in total. The fourth-order valence-electron chi connectivity index (χ4n) is 3.86. The molecule has 2 unspecified atom stereocenters.